The molecule has 0 aliphatic heterocycles. The number of hydrogen-bond acceptors (Lipinski definition) is 5. The summed E-state index contributed by atoms with van der Waals surface area (Å²) in [6.07, 6.45) is -1.08. The first kappa shape index (κ1) is 17.4. The second-order valence-electron chi connectivity index (χ2n) is 4.85. The lowest BCUT2D eigenvalue weighted by molar-refractivity contribution is -0.384. The van der Waals surface area contributed by atoms with Crippen LogP contribution in [0.4, 0.5) is 11.4 Å². The molecule has 1 N–H and O–H groups in total. The second kappa shape index (κ2) is 7.56. The highest BCUT2D eigenvalue weighted by Crippen LogP contribution is 2.16. The summed E-state index contributed by atoms with van der Waals surface area (Å²) in [5.74, 6) is -1.35. The molecule has 2 aromatic carbocycles. The number of nitro benzene ring substituents is 1. The van der Waals surface area contributed by atoms with Gasteiger partial charge in [-0.1, -0.05) is 17.7 Å². The van der Waals surface area contributed by atoms with Crippen LogP contribution in [0.15, 0.2) is 48.5 Å². The molecule has 0 spiro atoms. The van der Waals surface area contributed by atoms with E-state index in [-0.39, 0.29) is 11.3 Å². The number of nitro groups is 1. The molecule has 0 radical (unpaired) electrons. The number of esters is 1. The summed E-state index contributed by atoms with van der Waals surface area (Å²) >= 11 is 5.75. The Hall–Kier alpha value is -2.93. The quantitative estimate of drug-likeness (QED) is 0.507. The van der Waals surface area contributed by atoms with Gasteiger partial charge in [0.25, 0.3) is 11.6 Å². The third-order valence-corrected chi connectivity index (χ3v) is 3.31. The third kappa shape index (κ3) is 4.53. The zero-order chi connectivity index (χ0) is 17.7. The Morgan fingerprint density at radius 1 is 1.21 bits per heavy atom. The van der Waals surface area contributed by atoms with Gasteiger partial charge in [0.15, 0.2) is 6.10 Å². The van der Waals surface area contributed by atoms with Crippen LogP contribution in [0.1, 0.15) is 17.3 Å². The maximum atomic E-state index is 12.0. The van der Waals surface area contributed by atoms with Crippen molar-refractivity contribution in [3.8, 4) is 0 Å². The van der Waals surface area contributed by atoms with Gasteiger partial charge in [-0.15, -0.1) is 0 Å². The van der Waals surface area contributed by atoms with Crippen molar-refractivity contribution in [3.63, 3.8) is 0 Å². The van der Waals surface area contributed by atoms with Crippen LogP contribution in [-0.4, -0.2) is 22.9 Å². The molecule has 0 unspecified atom stereocenters. The maximum absolute atomic E-state index is 12.0. The Bertz CT molecular complexity index is 776. The van der Waals surface area contributed by atoms with Gasteiger partial charge in [-0.2, -0.15) is 0 Å². The molecule has 0 bridgehead atoms. The van der Waals surface area contributed by atoms with Gasteiger partial charge in [-0.05, 0) is 37.3 Å². The number of rotatable bonds is 5. The van der Waals surface area contributed by atoms with Gasteiger partial charge in [0.1, 0.15) is 0 Å². The molecule has 0 saturated heterocycles. The van der Waals surface area contributed by atoms with Gasteiger partial charge in [-0.3, -0.25) is 14.9 Å². The number of anilines is 1. The van der Waals surface area contributed by atoms with Crippen LogP contribution in [0, 0.1) is 10.1 Å². The molecule has 0 aliphatic carbocycles. The summed E-state index contributed by atoms with van der Waals surface area (Å²) in [4.78, 5) is 34.1. The topological polar surface area (TPSA) is 98.5 Å². The highest BCUT2D eigenvalue weighted by Gasteiger charge is 2.20. The summed E-state index contributed by atoms with van der Waals surface area (Å²) in [6, 6.07) is 11.5. The van der Waals surface area contributed by atoms with Crippen molar-refractivity contribution in [1.82, 2.24) is 0 Å². The number of carbonyl (C=O) groups excluding carboxylic acids is 2. The standard InChI is InChI=1S/C16H13ClN2O5/c1-10(15(20)18-13-7-5-12(17)6-8-13)24-16(21)11-3-2-4-14(9-11)19(22)23/h2-10H,1H3,(H,18,20)/t10-/m1/s1. The zero-order valence-corrected chi connectivity index (χ0v) is 13.3. The van der Waals surface area contributed by atoms with Gasteiger partial charge in [-0.25, -0.2) is 4.79 Å². The van der Waals surface area contributed by atoms with Crippen molar-refractivity contribution in [1.29, 1.82) is 0 Å². The Balaban J connectivity index is 2.00. The normalized spacial score (nSPS) is 11.4. The summed E-state index contributed by atoms with van der Waals surface area (Å²) in [7, 11) is 0. The number of amides is 1. The first-order valence-electron chi connectivity index (χ1n) is 6.88. The average Bonchev–Trinajstić information content (AvgIpc) is 2.56. The van der Waals surface area contributed by atoms with E-state index in [0.29, 0.717) is 10.7 Å². The van der Waals surface area contributed by atoms with Crippen LogP contribution in [0.25, 0.3) is 0 Å². The molecule has 8 heteroatoms. The van der Waals surface area contributed by atoms with Gasteiger partial charge < -0.3 is 10.1 Å². The monoisotopic (exact) mass is 348 g/mol. The van der Waals surface area contributed by atoms with E-state index in [0.717, 1.165) is 6.07 Å². The van der Waals surface area contributed by atoms with Crippen LogP contribution in [0.3, 0.4) is 0 Å². The van der Waals surface area contributed by atoms with Gasteiger partial charge in [0, 0.05) is 22.8 Å². The van der Waals surface area contributed by atoms with E-state index < -0.39 is 22.9 Å². The van der Waals surface area contributed by atoms with E-state index in [1.807, 2.05) is 0 Å². The molecule has 0 aromatic heterocycles. The first-order valence-corrected chi connectivity index (χ1v) is 7.26. The van der Waals surface area contributed by atoms with Crippen LogP contribution in [-0.2, 0) is 9.53 Å². The third-order valence-electron chi connectivity index (χ3n) is 3.06. The largest absolute Gasteiger partial charge is 0.449 e. The Labute approximate surface area is 142 Å². The Morgan fingerprint density at radius 3 is 2.50 bits per heavy atom. The van der Waals surface area contributed by atoms with E-state index in [4.69, 9.17) is 16.3 Å². The van der Waals surface area contributed by atoms with E-state index in [2.05, 4.69) is 5.32 Å². The first-order chi connectivity index (χ1) is 11.4. The van der Waals surface area contributed by atoms with E-state index in [1.165, 1.54) is 25.1 Å². The number of nitrogens with zero attached hydrogens (tertiary/aromatic N) is 1. The lowest BCUT2D eigenvalue weighted by Crippen LogP contribution is -2.30. The van der Waals surface area contributed by atoms with E-state index in [9.17, 15) is 19.7 Å². The zero-order valence-electron chi connectivity index (χ0n) is 12.6. The maximum Gasteiger partial charge on any atom is 0.339 e. The van der Waals surface area contributed by atoms with Crippen molar-refractivity contribution >= 4 is 34.9 Å². The average molecular weight is 349 g/mol. The van der Waals surface area contributed by atoms with Crippen molar-refractivity contribution < 1.29 is 19.2 Å². The molecule has 0 saturated carbocycles. The predicted octanol–water partition coefficient (Wildman–Crippen LogP) is 3.43. The summed E-state index contributed by atoms with van der Waals surface area (Å²) in [5, 5.41) is 13.8. The number of halogens is 1. The molecule has 24 heavy (non-hydrogen) atoms. The lowest BCUT2D eigenvalue weighted by atomic mass is 10.2. The SMILES string of the molecule is C[C@@H](OC(=O)c1cccc([N+](=O)[O-])c1)C(=O)Nc1ccc(Cl)cc1. The number of ether oxygens (including phenoxy) is 1. The highest BCUT2D eigenvalue weighted by atomic mass is 35.5. The summed E-state index contributed by atoms with van der Waals surface area (Å²) < 4.78 is 5.03. The van der Waals surface area contributed by atoms with Gasteiger partial charge in [0.05, 0.1) is 10.5 Å². The van der Waals surface area contributed by atoms with Crippen LogP contribution in [0.2, 0.25) is 5.02 Å². The number of hydrogen-bond donors (Lipinski definition) is 1. The van der Waals surface area contributed by atoms with Crippen LogP contribution >= 0.6 is 11.6 Å². The van der Waals surface area contributed by atoms with Crippen molar-refractivity contribution in [2.75, 3.05) is 5.32 Å². The molecule has 0 fully saturated rings. The number of nitrogens with one attached hydrogen (secondary N) is 1. The molecule has 2 aromatic rings. The Morgan fingerprint density at radius 2 is 1.88 bits per heavy atom. The minimum atomic E-state index is -1.08. The summed E-state index contributed by atoms with van der Waals surface area (Å²) in [5.41, 5.74) is 0.265. The molecule has 2 rings (SSSR count). The fourth-order valence-corrected chi connectivity index (χ4v) is 1.93. The Kier molecular flexibility index (Phi) is 5.49. The lowest BCUT2D eigenvalue weighted by Gasteiger charge is -2.13. The fourth-order valence-electron chi connectivity index (χ4n) is 1.81. The van der Waals surface area contributed by atoms with Crippen molar-refractivity contribution in [3.05, 3.63) is 69.2 Å². The van der Waals surface area contributed by atoms with Gasteiger partial charge in [0.2, 0.25) is 0 Å². The number of non-ortho nitro benzene ring substituents is 1. The molecular weight excluding hydrogens is 336 g/mol. The molecule has 0 aliphatic rings. The summed E-state index contributed by atoms with van der Waals surface area (Å²) in [6.45, 7) is 1.40. The molecule has 1 amide bonds. The number of benzene rings is 2. The van der Waals surface area contributed by atoms with Crippen LogP contribution in [0.5, 0.6) is 0 Å². The smallest absolute Gasteiger partial charge is 0.339 e. The minimum Gasteiger partial charge on any atom is -0.449 e. The van der Waals surface area contributed by atoms with Crippen LogP contribution < -0.4 is 5.32 Å². The minimum absolute atomic E-state index is 0.00431. The fraction of sp³-hybridized carbons (Fsp3) is 0.125. The molecule has 7 nitrogen and oxygen atoms in total. The van der Waals surface area contributed by atoms with Crippen molar-refractivity contribution in [2.24, 2.45) is 0 Å². The predicted molar refractivity (Wildman–Crippen MR) is 88.1 cm³/mol. The van der Waals surface area contributed by atoms with E-state index >= 15 is 0 Å². The van der Waals surface area contributed by atoms with E-state index in [1.54, 1.807) is 24.3 Å². The van der Waals surface area contributed by atoms with Crippen molar-refractivity contribution in [2.45, 2.75) is 13.0 Å². The molecule has 124 valence electrons. The number of carbonyl (C=O) groups is 2. The highest BCUT2D eigenvalue weighted by molar-refractivity contribution is 6.30. The molecule has 0 heterocycles. The molecular formula is C16H13ClN2O5. The van der Waals surface area contributed by atoms with Gasteiger partial charge >= 0.3 is 5.97 Å². The molecule has 1 atom stereocenters. The second-order valence-corrected chi connectivity index (χ2v) is 5.29.